The third kappa shape index (κ3) is 7.13. The average Bonchev–Trinajstić information content (AvgIpc) is 3.63. The fourth-order valence-corrected chi connectivity index (χ4v) is 5.45. The van der Waals surface area contributed by atoms with E-state index in [9.17, 15) is 24.6 Å². The van der Waals surface area contributed by atoms with Crippen LogP contribution in [0.25, 0.3) is 0 Å². The number of aromatic nitrogens is 1. The Labute approximate surface area is 269 Å². The number of ketones is 1. The van der Waals surface area contributed by atoms with Crippen molar-refractivity contribution in [2.45, 2.75) is 38.3 Å². The number of hydrogen-bond acceptors (Lipinski definition) is 10. The summed E-state index contributed by atoms with van der Waals surface area (Å²) in [6.45, 7) is 4.97. The van der Waals surface area contributed by atoms with E-state index in [1.165, 1.54) is 17.2 Å². The van der Waals surface area contributed by atoms with Crippen LogP contribution in [0.4, 0.5) is 10.5 Å². The number of para-hydroxylation sites is 2. The molecule has 1 aliphatic heterocycles. The number of benzene rings is 3. The molecule has 1 atom stereocenters. The number of nitrogens with one attached hydrogen (secondary N) is 1. The van der Waals surface area contributed by atoms with E-state index in [-0.39, 0.29) is 40.4 Å². The minimum atomic E-state index is -1.51. The van der Waals surface area contributed by atoms with Gasteiger partial charge in [0.15, 0.2) is 17.0 Å². The zero-order valence-corrected chi connectivity index (χ0v) is 26.5. The van der Waals surface area contributed by atoms with Crippen LogP contribution in [0, 0.1) is 0 Å². The zero-order chi connectivity index (χ0) is 33.1. The number of Topliss-reactive ketones (excluding diaryl/α,β-unsaturated/α-hetero) is 1. The SMILES string of the molecule is CN(C(=O)OC(C)(C)C)c1ccc(C2(C(=O)COc3ccc(Cc4sc(=O)[nH]c4O)cc3)C=CC=N2)c(Oc2ccccc2O)c1. The Hall–Kier alpha value is -5.36. The Morgan fingerprint density at radius 2 is 1.76 bits per heavy atom. The number of ether oxygens (including phenoxy) is 3. The number of aromatic amines is 1. The second kappa shape index (κ2) is 12.9. The highest BCUT2D eigenvalue weighted by atomic mass is 32.1. The van der Waals surface area contributed by atoms with Gasteiger partial charge in [-0.05, 0) is 74.9 Å². The largest absolute Gasteiger partial charge is 0.504 e. The molecule has 3 aromatic carbocycles. The number of phenolic OH excluding ortho intramolecular Hbond substituents is 1. The lowest BCUT2D eigenvalue weighted by atomic mass is 9.86. The molecule has 2 heterocycles. The molecule has 1 unspecified atom stereocenters. The first-order valence-corrected chi connectivity index (χ1v) is 15.1. The van der Waals surface area contributed by atoms with Crippen LogP contribution < -0.4 is 19.2 Å². The van der Waals surface area contributed by atoms with Crippen LogP contribution in [0.1, 0.15) is 36.8 Å². The Morgan fingerprint density at radius 3 is 2.39 bits per heavy atom. The van der Waals surface area contributed by atoms with Gasteiger partial charge in [-0.1, -0.05) is 35.6 Å². The van der Waals surface area contributed by atoms with Gasteiger partial charge in [0.25, 0.3) is 0 Å². The smallest absolute Gasteiger partial charge is 0.414 e. The minimum absolute atomic E-state index is 0.113. The summed E-state index contributed by atoms with van der Waals surface area (Å²) in [6.07, 6.45) is 4.58. The average molecular weight is 644 g/mol. The summed E-state index contributed by atoms with van der Waals surface area (Å²) < 4.78 is 17.5. The van der Waals surface area contributed by atoms with Crippen molar-refractivity contribution in [2.24, 2.45) is 4.99 Å². The van der Waals surface area contributed by atoms with Gasteiger partial charge in [-0.3, -0.25) is 24.5 Å². The Balaban J connectivity index is 1.41. The standard InChI is InChI=1S/C34H33N3O8S/c1-33(2,3)45-32(42)37(4)22-12-15-24(27(19-22)44-26-9-6-5-8-25(26)38)34(16-7-17-35-34)29(39)20-43-23-13-10-21(11-14-23)18-28-30(40)36-31(41)46-28/h5-17,19,38,40H,18,20H2,1-4H3,(H,36,41). The molecule has 46 heavy (non-hydrogen) atoms. The topological polar surface area (TPSA) is 151 Å². The molecule has 11 nitrogen and oxygen atoms in total. The van der Waals surface area contributed by atoms with Gasteiger partial charge in [0, 0.05) is 31.3 Å². The number of phenols is 1. The summed E-state index contributed by atoms with van der Waals surface area (Å²) in [4.78, 5) is 46.6. The molecule has 4 aromatic rings. The lowest BCUT2D eigenvalue weighted by molar-refractivity contribution is -0.124. The Morgan fingerprint density at radius 1 is 1.02 bits per heavy atom. The maximum atomic E-state index is 13.9. The Kier molecular flexibility index (Phi) is 9.01. The van der Waals surface area contributed by atoms with Crippen molar-refractivity contribution in [1.82, 2.24) is 4.98 Å². The summed E-state index contributed by atoms with van der Waals surface area (Å²) in [5.74, 6) is 0.116. The van der Waals surface area contributed by atoms with Crippen LogP contribution in [-0.4, -0.2) is 52.5 Å². The lowest BCUT2D eigenvalue weighted by Crippen LogP contribution is -2.36. The normalized spacial score (nSPS) is 15.5. The molecule has 1 amide bonds. The highest BCUT2D eigenvalue weighted by Crippen LogP contribution is 2.43. The van der Waals surface area contributed by atoms with Gasteiger partial charge >= 0.3 is 11.0 Å². The van der Waals surface area contributed by atoms with Crippen molar-refractivity contribution >= 4 is 35.1 Å². The van der Waals surface area contributed by atoms with E-state index in [4.69, 9.17) is 14.2 Å². The Bertz CT molecular complexity index is 1860. The number of aromatic hydroxyl groups is 2. The second-order valence-corrected chi connectivity index (χ2v) is 12.6. The van der Waals surface area contributed by atoms with Crippen molar-refractivity contribution in [3.63, 3.8) is 0 Å². The van der Waals surface area contributed by atoms with E-state index < -0.39 is 17.2 Å². The minimum Gasteiger partial charge on any atom is -0.504 e. The molecular formula is C34H33N3O8S. The number of nitrogens with zero attached hydrogens (tertiary/aromatic N) is 2. The summed E-state index contributed by atoms with van der Waals surface area (Å²) >= 11 is 0.940. The van der Waals surface area contributed by atoms with E-state index in [2.05, 4.69) is 9.98 Å². The number of H-pyrrole nitrogens is 1. The number of hydrogen-bond donors (Lipinski definition) is 3. The molecule has 0 spiro atoms. The van der Waals surface area contributed by atoms with Gasteiger partial charge in [-0.2, -0.15) is 0 Å². The quantitative estimate of drug-likeness (QED) is 0.188. The van der Waals surface area contributed by atoms with Gasteiger partial charge < -0.3 is 24.4 Å². The van der Waals surface area contributed by atoms with Gasteiger partial charge in [0.05, 0.1) is 10.6 Å². The van der Waals surface area contributed by atoms with E-state index in [1.54, 1.807) is 101 Å². The van der Waals surface area contributed by atoms with Gasteiger partial charge in [0.2, 0.25) is 11.7 Å². The predicted octanol–water partition coefficient (Wildman–Crippen LogP) is 6.09. The maximum absolute atomic E-state index is 13.9. The van der Waals surface area contributed by atoms with Crippen LogP contribution in [0.3, 0.4) is 0 Å². The van der Waals surface area contributed by atoms with Gasteiger partial charge in [-0.15, -0.1) is 0 Å². The molecule has 5 rings (SSSR count). The van der Waals surface area contributed by atoms with Gasteiger partial charge in [0.1, 0.15) is 23.7 Å². The molecule has 0 saturated carbocycles. The maximum Gasteiger partial charge on any atom is 0.414 e. The van der Waals surface area contributed by atoms with E-state index in [0.717, 1.165) is 16.9 Å². The fraction of sp³-hybridized carbons (Fsp3) is 0.235. The summed E-state index contributed by atoms with van der Waals surface area (Å²) in [5, 5.41) is 20.3. The molecule has 0 saturated heterocycles. The number of rotatable bonds is 10. The number of carbonyl (C=O) groups excluding carboxylic acids is 2. The van der Waals surface area contributed by atoms with Crippen LogP contribution in [0.2, 0.25) is 0 Å². The van der Waals surface area contributed by atoms with E-state index in [0.29, 0.717) is 28.3 Å². The summed E-state index contributed by atoms with van der Waals surface area (Å²) in [5.41, 5.74) is -0.587. The molecule has 238 valence electrons. The molecule has 1 aromatic heterocycles. The fourth-order valence-electron chi connectivity index (χ4n) is 4.70. The van der Waals surface area contributed by atoms with E-state index >= 15 is 0 Å². The number of amides is 1. The number of aliphatic imine (C=N–C) groups is 1. The summed E-state index contributed by atoms with van der Waals surface area (Å²) in [7, 11) is 1.56. The molecule has 0 radical (unpaired) electrons. The van der Waals surface area contributed by atoms with Crippen molar-refractivity contribution in [3.05, 3.63) is 105 Å². The first-order valence-electron chi connectivity index (χ1n) is 14.3. The number of thiazole rings is 1. The predicted molar refractivity (Wildman–Crippen MR) is 175 cm³/mol. The lowest BCUT2D eigenvalue weighted by Gasteiger charge is -2.28. The molecule has 3 N–H and O–H groups in total. The van der Waals surface area contributed by atoms with Crippen molar-refractivity contribution in [3.8, 4) is 28.9 Å². The van der Waals surface area contributed by atoms with E-state index in [1.807, 2.05) is 0 Å². The van der Waals surface area contributed by atoms with Crippen LogP contribution >= 0.6 is 11.3 Å². The molecule has 1 aliphatic rings. The molecule has 12 heteroatoms. The first-order chi connectivity index (χ1) is 21.8. The van der Waals surface area contributed by atoms with Crippen LogP contribution in [0.5, 0.6) is 28.9 Å². The molecule has 0 fully saturated rings. The molecule has 0 aliphatic carbocycles. The molecular weight excluding hydrogens is 610 g/mol. The summed E-state index contributed by atoms with van der Waals surface area (Å²) in [6, 6.07) is 18.3. The monoisotopic (exact) mass is 643 g/mol. The van der Waals surface area contributed by atoms with Crippen molar-refractivity contribution in [2.75, 3.05) is 18.6 Å². The van der Waals surface area contributed by atoms with Crippen molar-refractivity contribution in [1.29, 1.82) is 0 Å². The zero-order valence-electron chi connectivity index (χ0n) is 25.6. The highest BCUT2D eigenvalue weighted by molar-refractivity contribution is 7.09. The first kappa shape index (κ1) is 32.0. The number of anilines is 1. The van der Waals surface area contributed by atoms with Crippen molar-refractivity contribution < 1.29 is 34.0 Å². The van der Waals surface area contributed by atoms with Crippen LogP contribution in [0.15, 0.2) is 88.7 Å². The second-order valence-electron chi connectivity index (χ2n) is 11.5. The molecule has 0 bridgehead atoms. The third-order valence-electron chi connectivity index (χ3n) is 7.00. The number of allylic oxidation sites excluding steroid dienone is 1. The van der Waals surface area contributed by atoms with Gasteiger partial charge in [-0.25, -0.2) is 4.79 Å². The van der Waals surface area contributed by atoms with Crippen LogP contribution in [-0.2, 0) is 21.5 Å². The highest BCUT2D eigenvalue weighted by Gasteiger charge is 2.41. The third-order valence-corrected chi connectivity index (χ3v) is 7.87. The number of carbonyl (C=O) groups is 2.